The van der Waals surface area contributed by atoms with Crippen molar-refractivity contribution in [3.63, 3.8) is 0 Å². The minimum absolute atomic E-state index is 0.115. The van der Waals surface area contributed by atoms with Crippen LogP contribution in [0.4, 0.5) is 0 Å². The minimum Gasteiger partial charge on any atom is -0.360 e. The molecule has 1 aliphatic rings. The summed E-state index contributed by atoms with van der Waals surface area (Å²) in [6, 6.07) is 3.61. The van der Waals surface area contributed by atoms with Crippen LogP contribution in [0.2, 0.25) is 5.15 Å². The highest BCUT2D eigenvalue weighted by atomic mass is 35.5. The number of likely N-dealkylation sites (tertiary alicyclic amines) is 1. The molecule has 122 valence electrons. The Hall–Kier alpha value is -1.95. The number of aromatic nitrogens is 3. The molecule has 0 aromatic carbocycles. The van der Waals surface area contributed by atoms with Crippen LogP contribution in [0.15, 0.2) is 16.7 Å². The Bertz CT molecular complexity index is 696. The number of carbonyl (C=O) groups excluding carboxylic acids is 1. The normalized spacial score (nSPS) is 17.7. The van der Waals surface area contributed by atoms with Gasteiger partial charge in [-0.25, -0.2) is 9.97 Å². The summed E-state index contributed by atoms with van der Waals surface area (Å²) >= 11 is 5.70. The van der Waals surface area contributed by atoms with E-state index in [1.807, 2.05) is 24.8 Å². The van der Waals surface area contributed by atoms with E-state index in [4.69, 9.17) is 16.1 Å². The Labute approximate surface area is 139 Å². The summed E-state index contributed by atoms with van der Waals surface area (Å²) in [4.78, 5) is 23.2. The van der Waals surface area contributed by atoms with E-state index in [1.54, 1.807) is 6.07 Å². The number of halogens is 1. The molecule has 0 unspecified atom stereocenters. The lowest BCUT2D eigenvalue weighted by Gasteiger charge is -2.16. The third-order valence-electron chi connectivity index (χ3n) is 4.02. The van der Waals surface area contributed by atoms with E-state index in [0.29, 0.717) is 30.3 Å². The molecule has 2 aromatic rings. The topological polar surface area (TPSA) is 72.1 Å². The molecule has 0 aliphatic carbocycles. The van der Waals surface area contributed by atoms with Gasteiger partial charge in [-0.05, 0) is 26.3 Å². The van der Waals surface area contributed by atoms with Gasteiger partial charge in [0.25, 0.3) is 0 Å². The summed E-state index contributed by atoms with van der Waals surface area (Å²) < 4.78 is 5.02. The molecule has 3 heterocycles. The van der Waals surface area contributed by atoms with Crippen molar-refractivity contribution >= 4 is 17.5 Å². The van der Waals surface area contributed by atoms with Crippen LogP contribution in [0.5, 0.6) is 0 Å². The van der Waals surface area contributed by atoms with E-state index in [1.165, 1.54) is 0 Å². The molecular formula is C16H19ClN4O2. The highest BCUT2D eigenvalue weighted by Gasteiger charge is 2.29. The number of hydrogen-bond donors (Lipinski definition) is 0. The van der Waals surface area contributed by atoms with Crippen LogP contribution in [-0.2, 0) is 11.2 Å². The summed E-state index contributed by atoms with van der Waals surface area (Å²) in [7, 11) is 0. The molecule has 23 heavy (non-hydrogen) atoms. The number of amides is 1. The molecule has 1 fully saturated rings. The molecule has 1 atom stereocenters. The Morgan fingerprint density at radius 1 is 1.35 bits per heavy atom. The van der Waals surface area contributed by atoms with Crippen molar-refractivity contribution < 1.29 is 9.32 Å². The monoisotopic (exact) mass is 334 g/mol. The van der Waals surface area contributed by atoms with Gasteiger partial charge in [0.1, 0.15) is 11.6 Å². The van der Waals surface area contributed by atoms with Gasteiger partial charge in [0.05, 0.1) is 0 Å². The number of carbonyl (C=O) groups is 1. The number of rotatable bonds is 4. The van der Waals surface area contributed by atoms with Gasteiger partial charge in [-0.15, -0.1) is 0 Å². The molecule has 0 N–H and O–H groups in total. The second-order valence-electron chi connectivity index (χ2n) is 5.95. The first-order valence-electron chi connectivity index (χ1n) is 7.72. The van der Waals surface area contributed by atoms with Gasteiger partial charge >= 0.3 is 0 Å². The van der Waals surface area contributed by atoms with Crippen molar-refractivity contribution in [2.24, 2.45) is 0 Å². The number of nitrogens with zero attached hydrogens (tertiary/aromatic N) is 4. The van der Waals surface area contributed by atoms with Crippen LogP contribution < -0.4 is 0 Å². The molecule has 0 spiro atoms. The zero-order chi connectivity index (χ0) is 16.4. The average Bonchev–Trinajstić information content (AvgIpc) is 3.13. The van der Waals surface area contributed by atoms with Gasteiger partial charge < -0.3 is 9.42 Å². The Morgan fingerprint density at radius 3 is 2.74 bits per heavy atom. The second-order valence-corrected chi connectivity index (χ2v) is 6.34. The fourth-order valence-corrected chi connectivity index (χ4v) is 3.08. The summed E-state index contributed by atoms with van der Waals surface area (Å²) in [5.41, 5.74) is 1.94. The summed E-state index contributed by atoms with van der Waals surface area (Å²) in [6.07, 6.45) is 1.81. The lowest BCUT2D eigenvalue weighted by molar-refractivity contribution is -0.130. The molecule has 0 saturated carbocycles. The summed E-state index contributed by atoms with van der Waals surface area (Å²) in [5.74, 6) is 1.82. The molecule has 2 aromatic heterocycles. The van der Waals surface area contributed by atoms with Gasteiger partial charge in [0, 0.05) is 49.3 Å². The average molecular weight is 335 g/mol. The first-order valence-corrected chi connectivity index (χ1v) is 8.10. The van der Waals surface area contributed by atoms with Crippen molar-refractivity contribution in [3.05, 3.63) is 40.3 Å². The molecule has 7 heteroatoms. The maximum Gasteiger partial charge on any atom is 0.223 e. The van der Waals surface area contributed by atoms with Gasteiger partial charge in [0.2, 0.25) is 5.91 Å². The molecule has 6 nitrogen and oxygen atoms in total. The third-order valence-corrected chi connectivity index (χ3v) is 4.20. The fraction of sp³-hybridized carbons (Fsp3) is 0.500. The standard InChI is InChI=1S/C16H19ClN4O2/c1-10-7-11(2)19-16(18-10)12-5-6-21(9-12)15(22)4-3-13-8-14(17)20-23-13/h7-8,12H,3-6,9H2,1-2H3/t12-/m0/s1. The van der Waals surface area contributed by atoms with Crippen LogP contribution in [0.3, 0.4) is 0 Å². The van der Waals surface area contributed by atoms with E-state index in [9.17, 15) is 4.79 Å². The maximum atomic E-state index is 12.3. The smallest absolute Gasteiger partial charge is 0.223 e. The van der Waals surface area contributed by atoms with Crippen molar-refractivity contribution in [1.29, 1.82) is 0 Å². The van der Waals surface area contributed by atoms with Crippen molar-refractivity contribution in [2.75, 3.05) is 13.1 Å². The molecular weight excluding hydrogens is 316 g/mol. The highest BCUT2D eigenvalue weighted by molar-refractivity contribution is 6.29. The van der Waals surface area contributed by atoms with Gasteiger partial charge in [-0.3, -0.25) is 4.79 Å². The van der Waals surface area contributed by atoms with E-state index in [2.05, 4.69) is 15.1 Å². The first kappa shape index (κ1) is 15.9. The van der Waals surface area contributed by atoms with E-state index in [-0.39, 0.29) is 11.8 Å². The fourth-order valence-electron chi connectivity index (χ4n) is 2.93. The zero-order valence-electron chi connectivity index (χ0n) is 13.3. The Kier molecular flexibility index (Phi) is 4.61. The SMILES string of the molecule is Cc1cc(C)nc([C@H]2CCN(C(=O)CCc3cc(Cl)no3)C2)n1. The maximum absolute atomic E-state index is 12.3. The van der Waals surface area contributed by atoms with Gasteiger partial charge in [-0.2, -0.15) is 0 Å². The zero-order valence-corrected chi connectivity index (χ0v) is 14.0. The van der Waals surface area contributed by atoms with Crippen LogP contribution in [0.25, 0.3) is 0 Å². The van der Waals surface area contributed by atoms with E-state index < -0.39 is 0 Å². The number of aryl methyl sites for hydroxylation is 3. The van der Waals surface area contributed by atoms with Gasteiger partial charge in [-0.1, -0.05) is 16.8 Å². The minimum atomic E-state index is 0.115. The molecule has 1 aliphatic heterocycles. The van der Waals surface area contributed by atoms with Crippen molar-refractivity contribution in [2.45, 2.75) is 39.0 Å². The van der Waals surface area contributed by atoms with E-state index >= 15 is 0 Å². The largest absolute Gasteiger partial charge is 0.360 e. The molecule has 0 bridgehead atoms. The second kappa shape index (κ2) is 6.66. The van der Waals surface area contributed by atoms with Crippen LogP contribution in [-0.4, -0.2) is 39.0 Å². The van der Waals surface area contributed by atoms with E-state index in [0.717, 1.165) is 30.2 Å². The lowest BCUT2D eigenvalue weighted by Crippen LogP contribution is -2.28. The summed E-state index contributed by atoms with van der Waals surface area (Å²) in [5, 5.41) is 3.93. The molecule has 1 amide bonds. The third kappa shape index (κ3) is 3.88. The lowest BCUT2D eigenvalue weighted by atomic mass is 10.1. The highest BCUT2D eigenvalue weighted by Crippen LogP contribution is 2.25. The van der Waals surface area contributed by atoms with Gasteiger partial charge in [0.15, 0.2) is 5.15 Å². The molecule has 3 rings (SSSR count). The Morgan fingerprint density at radius 2 is 2.09 bits per heavy atom. The van der Waals surface area contributed by atoms with Crippen LogP contribution in [0, 0.1) is 13.8 Å². The van der Waals surface area contributed by atoms with Crippen LogP contribution >= 0.6 is 11.6 Å². The number of hydrogen-bond acceptors (Lipinski definition) is 5. The van der Waals surface area contributed by atoms with Crippen LogP contribution in [0.1, 0.15) is 41.7 Å². The predicted octanol–water partition coefficient (Wildman–Crippen LogP) is 2.68. The Balaban J connectivity index is 1.57. The quantitative estimate of drug-likeness (QED) is 0.859. The molecule has 0 radical (unpaired) electrons. The van der Waals surface area contributed by atoms with Crippen molar-refractivity contribution in [1.82, 2.24) is 20.0 Å². The van der Waals surface area contributed by atoms with Crippen molar-refractivity contribution in [3.8, 4) is 0 Å². The first-order chi connectivity index (χ1) is 11.0. The molecule has 1 saturated heterocycles. The summed E-state index contributed by atoms with van der Waals surface area (Å²) in [6.45, 7) is 5.37. The predicted molar refractivity (Wildman–Crippen MR) is 85.3 cm³/mol.